The molecule has 1 aliphatic rings. The molecule has 0 N–H and O–H groups in total. The van der Waals surface area contributed by atoms with Crippen molar-refractivity contribution >= 4 is 0 Å². The molecule has 1 aliphatic heterocycles. The van der Waals surface area contributed by atoms with Gasteiger partial charge in [-0.15, -0.1) is 10.2 Å². The van der Waals surface area contributed by atoms with Crippen LogP contribution in [-0.2, 0) is 6.54 Å². The van der Waals surface area contributed by atoms with Crippen molar-refractivity contribution in [3.63, 3.8) is 0 Å². The molecular weight excluding hydrogens is 270 g/mol. The van der Waals surface area contributed by atoms with Crippen molar-refractivity contribution < 1.29 is 9.15 Å². The summed E-state index contributed by atoms with van der Waals surface area (Å²) in [7, 11) is 0. The number of nitrogens with zero attached hydrogens (tertiary/aromatic N) is 5. The summed E-state index contributed by atoms with van der Waals surface area (Å²) in [6.07, 6.45) is 5.51. The van der Waals surface area contributed by atoms with Crippen LogP contribution in [0.5, 0.6) is 5.88 Å². The van der Waals surface area contributed by atoms with Crippen LogP contribution in [0.15, 0.2) is 16.8 Å². The molecule has 21 heavy (non-hydrogen) atoms. The molecule has 0 aliphatic carbocycles. The molecule has 7 heteroatoms. The van der Waals surface area contributed by atoms with E-state index in [4.69, 9.17) is 9.15 Å². The molecule has 112 valence electrons. The lowest BCUT2D eigenvalue weighted by Gasteiger charge is -2.30. The fourth-order valence-electron chi connectivity index (χ4n) is 2.45. The Morgan fingerprint density at radius 2 is 2.05 bits per heavy atom. The standard InChI is InChI=1S/C14H19N5O2/c1-10-7-15-8-13(16-10)21-12-3-5-19(6-4-12)9-14-18-17-11(2)20-14/h7-8,12H,3-6,9H2,1-2H3. The van der Waals surface area contributed by atoms with Gasteiger partial charge in [0.1, 0.15) is 6.10 Å². The van der Waals surface area contributed by atoms with Crippen molar-refractivity contribution in [1.29, 1.82) is 0 Å². The Hall–Kier alpha value is -2.02. The number of rotatable bonds is 4. The molecule has 7 nitrogen and oxygen atoms in total. The zero-order valence-corrected chi connectivity index (χ0v) is 12.3. The van der Waals surface area contributed by atoms with Crippen molar-refractivity contribution in [3.8, 4) is 5.88 Å². The Labute approximate surface area is 123 Å². The highest BCUT2D eigenvalue weighted by atomic mass is 16.5. The van der Waals surface area contributed by atoms with Crippen LogP contribution in [0.25, 0.3) is 0 Å². The quantitative estimate of drug-likeness (QED) is 0.844. The van der Waals surface area contributed by atoms with E-state index in [0.29, 0.717) is 24.2 Å². The number of hydrogen-bond acceptors (Lipinski definition) is 7. The average molecular weight is 289 g/mol. The second-order valence-corrected chi connectivity index (χ2v) is 5.31. The smallest absolute Gasteiger partial charge is 0.232 e. The van der Waals surface area contributed by atoms with Gasteiger partial charge in [-0.1, -0.05) is 0 Å². The average Bonchev–Trinajstić information content (AvgIpc) is 2.86. The normalized spacial score (nSPS) is 17.0. The minimum absolute atomic E-state index is 0.196. The Kier molecular flexibility index (Phi) is 4.10. The minimum atomic E-state index is 0.196. The van der Waals surface area contributed by atoms with Crippen LogP contribution < -0.4 is 4.74 Å². The molecule has 1 fully saturated rings. The fraction of sp³-hybridized carbons (Fsp3) is 0.571. The van der Waals surface area contributed by atoms with Gasteiger partial charge in [-0.05, 0) is 19.8 Å². The van der Waals surface area contributed by atoms with E-state index in [0.717, 1.165) is 31.6 Å². The van der Waals surface area contributed by atoms with Gasteiger partial charge in [0.15, 0.2) is 0 Å². The first kappa shape index (κ1) is 13.9. The number of piperidine rings is 1. The van der Waals surface area contributed by atoms with Gasteiger partial charge in [0.2, 0.25) is 17.7 Å². The monoisotopic (exact) mass is 289 g/mol. The first-order valence-electron chi connectivity index (χ1n) is 7.15. The summed E-state index contributed by atoms with van der Waals surface area (Å²) in [5.74, 6) is 1.90. The zero-order chi connectivity index (χ0) is 14.7. The SMILES string of the molecule is Cc1cncc(OC2CCN(Cc3nnc(C)o3)CC2)n1. The lowest BCUT2D eigenvalue weighted by atomic mass is 10.1. The summed E-state index contributed by atoms with van der Waals surface area (Å²) in [5.41, 5.74) is 0.872. The highest BCUT2D eigenvalue weighted by Crippen LogP contribution is 2.18. The number of likely N-dealkylation sites (tertiary alicyclic amines) is 1. The van der Waals surface area contributed by atoms with Gasteiger partial charge in [-0.2, -0.15) is 0 Å². The summed E-state index contributed by atoms with van der Waals surface area (Å²) in [6, 6.07) is 0. The van der Waals surface area contributed by atoms with E-state index in [-0.39, 0.29) is 6.10 Å². The van der Waals surface area contributed by atoms with Crippen molar-refractivity contribution in [2.45, 2.75) is 39.3 Å². The first-order valence-corrected chi connectivity index (χ1v) is 7.15. The molecule has 0 radical (unpaired) electrons. The van der Waals surface area contributed by atoms with Crippen molar-refractivity contribution in [3.05, 3.63) is 29.9 Å². The summed E-state index contributed by atoms with van der Waals surface area (Å²) in [4.78, 5) is 10.7. The minimum Gasteiger partial charge on any atom is -0.473 e. The largest absolute Gasteiger partial charge is 0.473 e. The summed E-state index contributed by atoms with van der Waals surface area (Å²) < 4.78 is 11.3. The van der Waals surface area contributed by atoms with E-state index in [1.54, 1.807) is 19.3 Å². The van der Waals surface area contributed by atoms with E-state index < -0.39 is 0 Å². The predicted octanol–water partition coefficient (Wildman–Crippen LogP) is 1.52. The predicted molar refractivity (Wildman–Crippen MR) is 74.7 cm³/mol. The van der Waals surface area contributed by atoms with Crippen molar-refractivity contribution in [2.75, 3.05) is 13.1 Å². The summed E-state index contributed by atoms with van der Waals surface area (Å²) >= 11 is 0. The fourth-order valence-corrected chi connectivity index (χ4v) is 2.45. The molecule has 0 spiro atoms. The highest BCUT2D eigenvalue weighted by molar-refractivity contribution is 5.07. The van der Waals surface area contributed by atoms with E-state index in [9.17, 15) is 0 Å². The summed E-state index contributed by atoms with van der Waals surface area (Å²) in [5, 5.41) is 7.88. The number of hydrogen-bond donors (Lipinski definition) is 0. The third-order valence-electron chi connectivity index (χ3n) is 3.48. The third kappa shape index (κ3) is 3.75. The molecule has 0 amide bonds. The van der Waals surface area contributed by atoms with Crippen LogP contribution in [0.1, 0.15) is 30.3 Å². The molecule has 0 saturated carbocycles. The molecule has 1 saturated heterocycles. The second kappa shape index (κ2) is 6.17. The van der Waals surface area contributed by atoms with E-state index >= 15 is 0 Å². The van der Waals surface area contributed by atoms with Crippen LogP contribution in [0.2, 0.25) is 0 Å². The second-order valence-electron chi connectivity index (χ2n) is 5.31. The molecular formula is C14H19N5O2. The highest BCUT2D eigenvalue weighted by Gasteiger charge is 2.22. The van der Waals surface area contributed by atoms with Gasteiger partial charge in [0.05, 0.1) is 18.4 Å². The van der Waals surface area contributed by atoms with Gasteiger partial charge >= 0.3 is 0 Å². The van der Waals surface area contributed by atoms with Gasteiger partial charge in [-0.3, -0.25) is 9.88 Å². The van der Waals surface area contributed by atoms with Crippen LogP contribution in [0.4, 0.5) is 0 Å². The first-order chi connectivity index (χ1) is 10.2. The number of aryl methyl sites for hydroxylation is 2. The Bertz CT molecular complexity index is 593. The van der Waals surface area contributed by atoms with Crippen molar-refractivity contribution in [1.82, 2.24) is 25.1 Å². The van der Waals surface area contributed by atoms with Crippen LogP contribution in [0, 0.1) is 13.8 Å². The molecule has 0 aromatic carbocycles. The van der Waals surface area contributed by atoms with Gasteiger partial charge in [0, 0.05) is 26.2 Å². The van der Waals surface area contributed by atoms with E-state index in [1.165, 1.54) is 0 Å². The molecule has 3 rings (SSSR count). The Morgan fingerprint density at radius 3 is 2.71 bits per heavy atom. The molecule has 2 aromatic heterocycles. The van der Waals surface area contributed by atoms with Crippen LogP contribution in [0.3, 0.4) is 0 Å². The molecule has 2 aromatic rings. The molecule has 0 atom stereocenters. The van der Waals surface area contributed by atoms with E-state index in [2.05, 4.69) is 25.1 Å². The number of aromatic nitrogens is 4. The Morgan fingerprint density at radius 1 is 1.24 bits per heavy atom. The van der Waals surface area contributed by atoms with Crippen LogP contribution in [-0.4, -0.2) is 44.3 Å². The molecule has 0 unspecified atom stereocenters. The van der Waals surface area contributed by atoms with Gasteiger partial charge < -0.3 is 9.15 Å². The summed E-state index contributed by atoms with van der Waals surface area (Å²) in [6.45, 7) is 6.32. The van der Waals surface area contributed by atoms with Gasteiger partial charge in [-0.25, -0.2) is 4.98 Å². The van der Waals surface area contributed by atoms with E-state index in [1.807, 2.05) is 6.92 Å². The number of ether oxygens (including phenoxy) is 1. The maximum Gasteiger partial charge on any atom is 0.232 e. The van der Waals surface area contributed by atoms with Gasteiger partial charge in [0.25, 0.3) is 0 Å². The maximum atomic E-state index is 5.89. The van der Waals surface area contributed by atoms with Crippen LogP contribution >= 0.6 is 0 Å². The lowest BCUT2D eigenvalue weighted by Crippen LogP contribution is -2.38. The molecule has 3 heterocycles. The molecule has 0 bridgehead atoms. The lowest BCUT2D eigenvalue weighted by molar-refractivity contribution is 0.0879. The third-order valence-corrected chi connectivity index (χ3v) is 3.48. The maximum absolute atomic E-state index is 5.89. The Balaban J connectivity index is 1.48. The topological polar surface area (TPSA) is 77.2 Å². The zero-order valence-electron chi connectivity index (χ0n) is 12.3. The van der Waals surface area contributed by atoms with Crippen molar-refractivity contribution in [2.24, 2.45) is 0 Å².